The lowest BCUT2D eigenvalue weighted by molar-refractivity contribution is 0.628. The van der Waals surface area contributed by atoms with Crippen LogP contribution in [0.4, 0.5) is 38.5 Å². The van der Waals surface area contributed by atoms with Crippen molar-refractivity contribution in [3.05, 3.63) is 395 Å². The van der Waals surface area contributed by atoms with Crippen LogP contribution in [0.1, 0.15) is 74.0 Å². The van der Waals surface area contributed by atoms with Crippen molar-refractivity contribution >= 4 is 77.2 Å². The highest BCUT2D eigenvalue weighted by molar-refractivity contribution is 6.09. The molecule has 0 heterocycles. The molecule has 0 N–H and O–H groups in total. The lowest BCUT2D eigenvalue weighted by Crippen LogP contribution is -2.26. The Bertz CT molecular complexity index is 6010. The molecule has 0 saturated carbocycles. The van der Waals surface area contributed by atoms with Gasteiger partial charge in [-0.2, -0.15) is 5.26 Å². The Morgan fingerprint density at radius 1 is 0.327 bits per heavy atom. The predicted octanol–water partition coefficient (Wildman–Crippen LogP) is 24.3. The Morgan fingerprint density at radius 2 is 0.776 bits per heavy atom. The highest BCUT2D eigenvalue weighted by atomic mass is 19.1. The summed E-state index contributed by atoms with van der Waals surface area (Å²) in [6, 6.07) is 122. The quantitative estimate of drug-likeness (QED) is 0.144. The summed E-state index contributed by atoms with van der Waals surface area (Å²) >= 11 is 0. The topological polar surface area (TPSA) is 30.3 Å². The number of nitriles is 1. The van der Waals surface area contributed by atoms with Crippen molar-refractivity contribution in [1.29, 1.82) is 5.26 Å². The van der Waals surface area contributed by atoms with Crippen molar-refractivity contribution in [1.82, 2.24) is 0 Å². The molecule has 1 atom stereocenters. The summed E-state index contributed by atoms with van der Waals surface area (Å²) in [5, 5.41) is 20.0. The van der Waals surface area contributed by atoms with Gasteiger partial charge in [0.15, 0.2) is 0 Å². The van der Waals surface area contributed by atoms with Gasteiger partial charge in [0.1, 0.15) is 11.9 Å². The third kappa shape index (κ3) is 7.90. The molecule has 2 spiro atoms. The Labute approximate surface area is 568 Å². The van der Waals surface area contributed by atoms with Crippen LogP contribution in [0, 0.1) is 17.1 Å². The van der Waals surface area contributed by atoms with Crippen molar-refractivity contribution < 1.29 is 4.39 Å². The van der Waals surface area contributed by atoms with E-state index in [4.69, 9.17) is 0 Å². The lowest BCUT2D eigenvalue weighted by Gasteiger charge is -2.32. The van der Waals surface area contributed by atoms with Crippen molar-refractivity contribution in [3.8, 4) is 50.6 Å². The summed E-state index contributed by atoms with van der Waals surface area (Å²) in [5.74, 6) is -0.0699. The van der Waals surface area contributed by atoms with E-state index in [1.165, 1.54) is 127 Å². The maximum atomic E-state index is 14.9. The van der Waals surface area contributed by atoms with E-state index < -0.39 is 10.8 Å². The molecule has 4 aliphatic carbocycles. The van der Waals surface area contributed by atoms with Crippen molar-refractivity contribution in [3.63, 3.8) is 0 Å². The second-order valence-electron chi connectivity index (χ2n) is 27.1. The van der Waals surface area contributed by atoms with Crippen LogP contribution in [0.15, 0.2) is 328 Å². The van der Waals surface area contributed by atoms with Gasteiger partial charge in [0.05, 0.1) is 22.1 Å². The first-order valence-corrected chi connectivity index (χ1v) is 34.0. The zero-order valence-corrected chi connectivity index (χ0v) is 53.7. The van der Waals surface area contributed by atoms with E-state index in [1.807, 2.05) is 42.5 Å². The first-order chi connectivity index (χ1) is 48.3. The smallest absolute Gasteiger partial charge is 0.123 e. The van der Waals surface area contributed by atoms with E-state index in [0.29, 0.717) is 5.56 Å². The summed E-state index contributed by atoms with van der Waals surface area (Å²) in [7, 11) is 0. The van der Waals surface area contributed by atoms with E-state index in [-0.39, 0.29) is 11.7 Å². The number of halogens is 1. The van der Waals surface area contributed by atoms with Crippen LogP contribution in [-0.2, 0) is 17.3 Å². The summed E-state index contributed by atoms with van der Waals surface area (Å²) in [5.41, 5.74) is 28.4. The molecular weight excluding hydrogens is 1190 g/mol. The van der Waals surface area contributed by atoms with Gasteiger partial charge in [0.25, 0.3) is 0 Å². The predicted molar refractivity (Wildman–Crippen MR) is 402 cm³/mol. The monoisotopic (exact) mass is 1250 g/mol. The number of fused-ring (bicyclic) bond motifs is 26. The number of hydrogen-bond donors (Lipinski definition) is 0. The molecule has 4 heteroatoms. The molecule has 0 amide bonds. The molecule has 0 radical (unpaired) electrons. The molecule has 0 saturated heterocycles. The average molecular weight is 1250 g/mol. The van der Waals surface area contributed by atoms with Crippen LogP contribution in [0.25, 0.3) is 87.6 Å². The molecular formula is C94H60FN3. The third-order valence-corrected chi connectivity index (χ3v) is 22.1. The number of para-hydroxylation sites is 2. The molecule has 0 bridgehead atoms. The fraction of sp³-hybridized carbons (Fsp3) is 0.0532. The van der Waals surface area contributed by atoms with E-state index >= 15 is 0 Å². The SMILES string of the molecule is CC(Cc1ccc2c3c(ccc2c1)-c1cc2ccc(N(c4ccccc4)c4ccccc4C#N)cc2cc1C31c2ccccc2-c2ccccc21)c1ccc(N(c2ccc(F)cc2)c2ccc3cc4c(cc3c2)C2(c3ccccc3-c3ccccc32)c2c-4ccc3ccccc23)cc1. The number of nitrogens with zero attached hydrogens (tertiary/aromatic N) is 3. The number of anilines is 6. The van der Waals surface area contributed by atoms with Gasteiger partial charge in [0, 0.05) is 28.4 Å². The zero-order chi connectivity index (χ0) is 65.0. The van der Waals surface area contributed by atoms with Crippen molar-refractivity contribution in [2.75, 3.05) is 9.80 Å². The van der Waals surface area contributed by atoms with Gasteiger partial charge >= 0.3 is 0 Å². The Morgan fingerprint density at radius 3 is 1.35 bits per heavy atom. The number of hydrogen-bond acceptors (Lipinski definition) is 3. The fourth-order valence-corrected chi connectivity index (χ4v) is 18.0. The summed E-state index contributed by atoms with van der Waals surface area (Å²) < 4.78 is 14.9. The van der Waals surface area contributed by atoms with Crippen LogP contribution in [0.2, 0.25) is 0 Å². The molecule has 458 valence electrons. The minimum Gasteiger partial charge on any atom is -0.310 e. The van der Waals surface area contributed by atoms with E-state index in [0.717, 1.165) is 56.7 Å². The van der Waals surface area contributed by atoms with Crippen LogP contribution < -0.4 is 9.80 Å². The van der Waals surface area contributed by atoms with E-state index in [9.17, 15) is 9.65 Å². The van der Waals surface area contributed by atoms with Gasteiger partial charge in [-0.1, -0.05) is 225 Å². The molecule has 20 rings (SSSR count). The third-order valence-electron chi connectivity index (χ3n) is 22.1. The Kier molecular flexibility index (Phi) is 12.2. The standard InChI is InChI=1S/C94H60FN3/c1-58(60-32-40-70(41-33-60)97(71-44-38-68(95)39-45-71)72-42-34-62-53-82-80-47-36-61-17-5-7-21-74(61)91(80)93(88(82)55-66(62)51-72)84-26-12-8-22-76(84)77-23-9-13-27-85(77)93)49-59-31-46-75-64(50-59)37-48-81-83-54-63-35-43-73(98(69-19-3-2-4-20-69)90-30-16-6-18-65(90)57-96)52-67(63)56-89(83)94(92(75)81)86-28-14-10-24-78(86)79-25-11-15-29-87(79)94/h2-48,50-56,58H,49H2,1H3. The van der Waals surface area contributed by atoms with Gasteiger partial charge in [0.2, 0.25) is 0 Å². The first-order valence-electron chi connectivity index (χ1n) is 34.0. The summed E-state index contributed by atoms with van der Waals surface area (Å²) in [6.07, 6.45) is 0.850. The van der Waals surface area contributed by atoms with Gasteiger partial charge in [-0.25, -0.2) is 4.39 Å². The highest BCUT2D eigenvalue weighted by Gasteiger charge is 2.54. The minimum absolute atomic E-state index is 0.199. The molecule has 16 aromatic rings. The van der Waals surface area contributed by atoms with Gasteiger partial charge < -0.3 is 9.80 Å². The fourth-order valence-electron chi connectivity index (χ4n) is 18.0. The molecule has 16 aromatic carbocycles. The Hall–Kier alpha value is -12.4. The second kappa shape index (κ2) is 21.3. The van der Waals surface area contributed by atoms with Gasteiger partial charge in [-0.05, 0) is 265 Å². The van der Waals surface area contributed by atoms with Crippen LogP contribution in [0.3, 0.4) is 0 Å². The maximum Gasteiger partial charge on any atom is 0.123 e. The number of rotatable bonds is 9. The molecule has 0 aromatic heterocycles. The van der Waals surface area contributed by atoms with Gasteiger partial charge in [-0.15, -0.1) is 0 Å². The Balaban J connectivity index is 0.661. The minimum atomic E-state index is -0.584. The van der Waals surface area contributed by atoms with Crippen LogP contribution >= 0.6 is 0 Å². The number of benzene rings is 16. The maximum absolute atomic E-state index is 14.9. The van der Waals surface area contributed by atoms with Crippen molar-refractivity contribution in [2.45, 2.75) is 30.1 Å². The van der Waals surface area contributed by atoms with Crippen LogP contribution in [-0.4, -0.2) is 0 Å². The average Bonchev–Trinajstić information content (AvgIpc) is 1.51. The normalized spacial score (nSPS) is 13.8. The molecule has 1 unspecified atom stereocenters. The van der Waals surface area contributed by atoms with Gasteiger partial charge in [-0.3, -0.25) is 0 Å². The summed E-state index contributed by atoms with van der Waals surface area (Å²) in [4.78, 5) is 4.48. The summed E-state index contributed by atoms with van der Waals surface area (Å²) in [6.45, 7) is 2.34. The molecule has 3 nitrogen and oxygen atoms in total. The second-order valence-corrected chi connectivity index (χ2v) is 27.1. The molecule has 0 fully saturated rings. The van der Waals surface area contributed by atoms with E-state index in [1.54, 1.807) is 12.1 Å². The molecule has 0 aliphatic heterocycles. The lowest BCUT2D eigenvalue weighted by atomic mass is 9.69. The van der Waals surface area contributed by atoms with Crippen molar-refractivity contribution in [2.24, 2.45) is 0 Å². The van der Waals surface area contributed by atoms with Crippen LogP contribution in [0.5, 0.6) is 0 Å². The highest BCUT2D eigenvalue weighted by Crippen LogP contribution is 2.67. The first kappa shape index (κ1) is 56.0. The molecule has 4 aliphatic rings. The largest absolute Gasteiger partial charge is 0.310 e. The molecule has 98 heavy (non-hydrogen) atoms. The zero-order valence-electron chi connectivity index (χ0n) is 53.7. The van der Waals surface area contributed by atoms with E-state index in [2.05, 4.69) is 296 Å².